The number of aliphatic hydroxyl groups excluding tert-OH is 1. The molecule has 0 bridgehead atoms. The monoisotopic (exact) mass is 1600 g/mol. The molecule has 0 aliphatic carbocycles. The van der Waals surface area contributed by atoms with Crippen LogP contribution in [0, 0.1) is 0 Å². The molecule has 0 heterocycles. The number of ether oxygens (including phenoxy) is 4. The van der Waals surface area contributed by atoms with E-state index in [1.807, 2.05) is 12.2 Å². The molecule has 0 radical (unpaired) electrons. The molecule has 0 aromatic heterocycles. The first-order valence-electron chi connectivity index (χ1n) is 43.0. The Kier molecular flexibility index (Phi) is 78.8. The Morgan fingerprint density at radius 2 is 0.473 bits per heavy atom. The van der Waals surface area contributed by atoms with Crippen LogP contribution < -0.4 is 0 Å². The van der Waals surface area contributed by atoms with Crippen LogP contribution in [0.15, 0.2) is 182 Å². The maximum atomic E-state index is 13.2. The number of allylic oxidation sites excluding steroid dienone is 30. The van der Waals surface area contributed by atoms with Crippen LogP contribution >= 0.6 is 15.6 Å². The number of phosphoric ester groups is 2. The summed E-state index contributed by atoms with van der Waals surface area (Å²) < 4.78 is 68.8. The van der Waals surface area contributed by atoms with Gasteiger partial charge in [0.15, 0.2) is 12.2 Å². The van der Waals surface area contributed by atoms with E-state index >= 15 is 0 Å². The molecular formula is C93H152O17P2. The first-order chi connectivity index (χ1) is 54.7. The van der Waals surface area contributed by atoms with Crippen molar-refractivity contribution < 1.29 is 80.2 Å². The second kappa shape index (κ2) is 83.1. The molecule has 5 unspecified atom stereocenters. The SMILES string of the molecule is CC/C=C\C/C=C\C/C=C\C/C=C\C/C=C\CCCC(=O)OCC(COP(=O)(O)OCC(O)COP(=O)(O)OCC(COC(=O)CCCCCCCC/C=C\C/C=C\C/C=C\C/C=C\CC)OC(=O)CCCCCCCC/C=C\C/C=C\C/C=C\CCCCC)OC(=O)CCCCCCCCC/C=C\C/C=C\C/C=C\CC. The number of carbonyl (C=O) groups excluding carboxylic acids is 4. The third-order valence-corrected chi connectivity index (χ3v) is 19.2. The number of unbranched alkanes of at least 4 members (excludes halogenated alkanes) is 23. The molecule has 0 aromatic carbocycles. The van der Waals surface area contributed by atoms with Gasteiger partial charge in [0.25, 0.3) is 0 Å². The summed E-state index contributed by atoms with van der Waals surface area (Å²) in [5, 5.41) is 10.7. The topological polar surface area (TPSA) is 237 Å². The Morgan fingerprint density at radius 1 is 0.259 bits per heavy atom. The summed E-state index contributed by atoms with van der Waals surface area (Å²) in [4.78, 5) is 73.3. The van der Waals surface area contributed by atoms with Crippen molar-refractivity contribution >= 4 is 39.5 Å². The molecule has 0 aromatic rings. The van der Waals surface area contributed by atoms with Crippen molar-refractivity contribution in [1.82, 2.24) is 0 Å². The Morgan fingerprint density at radius 3 is 0.750 bits per heavy atom. The highest BCUT2D eigenvalue weighted by Gasteiger charge is 2.30. The molecule has 0 fully saturated rings. The van der Waals surface area contributed by atoms with Crippen molar-refractivity contribution in [1.29, 1.82) is 0 Å². The fourth-order valence-corrected chi connectivity index (χ4v) is 12.5. The van der Waals surface area contributed by atoms with E-state index in [0.717, 1.165) is 218 Å². The van der Waals surface area contributed by atoms with E-state index in [0.29, 0.717) is 32.1 Å². The average molecular weight is 1600 g/mol. The Hall–Kier alpha value is -5.84. The second-order valence-corrected chi connectivity index (χ2v) is 30.9. The molecule has 3 N–H and O–H groups in total. The van der Waals surface area contributed by atoms with E-state index in [1.54, 1.807) is 0 Å². The van der Waals surface area contributed by atoms with Crippen LogP contribution in [-0.4, -0.2) is 96.7 Å². The van der Waals surface area contributed by atoms with E-state index in [4.69, 9.17) is 37.0 Å². The van der Waals surface area contributed by atoms with Crippen molar-refractivity contribution in [3.05, 3.63) is 182 Å². The Balaban J connectivity index is 5.48. The van der Waals surface area contributed by atoms with Gasteiger partial charge in [0.05, 0.1) is 26.4 Å². The van der Waals surface area contributed by atoms with Gasteiger partial charge in [-0.15, -0.1) is 0 Å². The fraction of sp³-hybridized carbons (Fsp3) is 0.634. The third-order valence-electron chi connectivity index (χ3n) is 17.3. The number of rotatable bonds is 79. The maximum Gasteiger partial charge on any atom is 0.472 e. The smallest absolute Gasteiger partial charge is 0.462 e. The maximum absolute atomic E-state index is 13.2. The molecular weight excluding hydrogens is 1450 g/mol. The number of hydrogen-bond donors (Lipinski definition) is 3. The summed E-state index contributed by atoms with van der Waals surface area (Å²) in [6.45, 7) is 4.42. The number of hydrogen-bond acceptors (Lipinski definition) is 15. The largest absolute Gasteiger partial charge is 0.472 e. The van der Waals surface area contributed by atoms with Gasteiger partial charge in [0.2, 0.25) is 0 Å². The van der Waals surface area contributed by atoms with Gasteiger partial charge in [-0.2, -0.15) is 0 Å². The lowest BCUT2D eigenvalue weighted by Gasteiger charge is -2.21. The lowest BCUT2D eigenvalue weighted by molar-refractivity contribution is -0.161. The van der Waals surface area contributed by atoms with Gasteiger partial charge in [0.1, 0.15) is 19.3 Å². The molecule has 0 aliphatic rings. The zero-order chi connectivity index (χ0) is 81.7. The van der Waals surface area contributed by atoms with Gasteiger partial charge < -0.3 is 33.8 Å². The summed E-state index contributed by atoms with van der Waals surface area (Å²) in [6, 6.07) is 0. The van der Waals surface area contributed by atoms with Crippen LogP contribution in [0.25, 0.3) is 0 Å². The lowest BCUT2D eigenvalue weighted by atomic mass is 10.1. The summed E-state index contributed by atoms with van der Waals surface area (Å²) in [5.74, 6) is -2.29. The van der Waals surface area contributed by atoms with Gasteiger partial charge >= 0.3 is 39.5 Å². The van der Waals surface area contributed by atoms with Crippen LogP contribution in [0.2, 0.25) is 0 Å². The molecule has 112 heavy (non-hydrogen) atoms. The highest BCUT2D eigenvalue weighted by Crippen LogP contribution is 2.45. The molecule has 0 saturated heterocycles. The number of aliphatic hydroxyl groups is 1. The fourth-order valence-electron chi connectivity index (χ4n) is 10.9. The Bertz CT molecular complexity index is 2840. The molecule has 0 aliphatic heterocycles. The van der Waals surface area contributed by atoms with E-state index in [9.17, 15) is 43.2 Å². The van der Waals surface area contributed by atoms with E-state index in [1.165, 1.54) is 19.3 Å². The molecule has 0 rings (SSSR count). The van der Waals surface area contributed by atoms with Crippen LogP contribution in [0.4, 0.5) is 0 Å². The first-order valence-corrected chi connectivity index (χ1v) is 46.0. The van der Waals surface area contributed by atoms with E-state index in [-0.39, 0.29) is 25.7 Å². The average Bonchev–Trinajstić information content (AvgIpc) is 0.898. The van der Waals surface area contributed by atoms with Gasteiger partial charge in [-0.1, -0.05) is 306 Å². The molecule has 17 nitrogen and oxygen atoms in total. The quantitative estimate of drug-likeness (QED) is 0.0169. The second-order valence-electron chi connectivity index (χ2n) is 28.0. The first kappa shape index (κ1) is 106. The third kappa shape index (κ3) is 82.2. The molecule has 19 heteroatoms. The van der Waals surface area contributed by atoms with Gasteiger partial charge in [0, 0.05) is 25.7 Å². The van der Waals surface area contributed by atoms with E-state index in [2.05, 4.69) is 198 Å². The standard InChI is InChI=1S/C93H152O17P2/c1-5-9-13-17-21-25-29-33-37-41-43-47-50-54-58-62-66-70-74-78-91(96)104-84-89(110-93(98)80-76-72-68-64-60-56-52-48-44-42-38-34-30-26-22-18-14-10-6-2)86-108-112(101,102)106-82-87(94)81-105-111(99,100)107-85-88(109-92(97)79-75-71-67-63-59-55-51-46-40-36-32-28-24-20-16-12-8-4)83-103-90(95)77-73-69-65-61-57-53-49-45-39-35-31-27-23-19-15-11-7-3/h9,11-13,15-16,21-28,33-40,43-44,47-49,53,61,65,87-89,94H,5-8,10,14,17-20,29-32,41-42,45-46,50-52,54-60,62-64,66-86H2,1-4H3,(H,99,100)(H,101,102)/b13-9-,15-11-,16-12-,25-21-,26-22-,27-23-,28-24-,37-33-,38-34-,39-35-,40-36-,47-43-,48-44-,53-49-,65-61-. The predicted octanol–water partition coefficient (Wildman–Crippen LogP) is 25.9. The Labute approximate surface area is 679 Å². The van der Waals surface area contributed by atoms with Crippen LogP contribution in [0.5, 0.6) is 0 Å². The minimum Gasteiger partial charge on any atom is -0.462 e. The van der Waals surface area contributed by atoms with Gasteiger partial charge in [-0.05, 0) is 173 Å². The van der Waals surface area contributed by atoms with Crippen molar-refractivity contribution in [2.24, 2.45) is 0 Å². The summed E-state index contributed by atoms with van der Waals surface area (Å²) in [5.41, 5.74) is 0. The number of phosphoric acid groups is 2. The highest BCUT2D eigenvalue weighted by atomic mass is 31.2. The summed E-state index contributed by atoms with van der Waals surface area (Å²) >= 11 is 0. The van der Waals surface area contributed by atoms with Crippen molar-refractivity contribution in [3.8, 4) is 0 Å². The minimum atomic E-state index is -5.01. The van der Waals surface area contributed by atoms with Crippen molar-refractivity contribution in [2.75, 3.05) is 39.6 Å². The van der Waals surface area contributed by atoms with Crippen LogP contribution in [-0.2, 0) is 65.4 Å². The molecule has 0 amide bonds. The van der Waals surface area contributed by atoms with E-state index < -0.39 is 97.5 Å². The molecule has 636 valence electrons. The van der Waals surface area contributed by atoms with Crippen LogP contribution in [0.1, 0.15) is 323 Å². The van der Waals surface area contributed by atoms with Gasteiger partial charge in [-0.25, -0.2) is 9.13 Å². The number of carbonyl (C=O) groups is 4. The highest BCUT2D eigenvalue weighted by molar-refractivity contribution is 7.47. The minimum absolute atomic E-state index is 0.0647. The van der Waals surface area contributed by atoms with Gasteiger partial charge in [-0.3, -0.25) is 37.3 Å². The predicted molar refractivity (Wildman–Crippen MR) is 463 cm³/mol. The zero-order valence-corrected chi connectivity index (χ0v) is 71.6. The molecule has 5 atom stereocenters. The molecule has 0 spiro atoms. The lowest BCUT2D eigenvalue weighted by Crippen LogP contribution is -2.30. The van der Waals surface area contributed by atoms with Crippen molar-refractivity contribution in [2.45, 2.75) is 341 Å². The van der Waals surface area contributed by atoms with Crippen molar-refractivity contribution in [3.63, 3.8) is 0 Å². The molecule has 0 saturated carbocycles. The zero-order valence-electron chi connectivity index (χ0n) is 69.8. The summed E-state index contributed by atoms with van der Waals surface area (Å²) in [7, 11) is -10.0. The normalized spacial score (nSPS) is 14.7. The number of esters is 4. The summed E-state index contributed by atoms with van der Waals surface area (Å²) in [6.07, 6.45) is 101. The van der Waals surface area contributed by atoms with Crippen LogP contribution in [0.3, 0.4) is 0 Å².